The van der Waals surface area contributed by atoms with Gasteiger partial charge in [0.25, 0.3) is 5.91 Å². The summed E-state index contributed by atoms with van der Waals surface area (Å²) in [7, 11) is 1.51. The normalized spacial score (nSPS) is 10.6. The number of hydrogen-bond acceptors (Lipinski definition) is 6. The van der Waals surface area contributed by atoms with Gasteiger partial charge in [0.05, 0.1) is 24.4 Å². The van der Waals surface area contributed by atoms with Gasteiger partial charge in [-0.15, -0.1) is 0 Å². The molecule has 1 amide bonds. The van der Waals surface area contributed by atoms with Crippen LogP contribution in [0.25, 0.3) is 0 Å². The highest BCUT2D eigenvalue weighted by atomic mass is 79.9. The Morgan fingerprint density at radius 1 is 1.03 bits per heavy atom. The quantitative estimate of drug-likeness (QED) is 0.180. The number of methoxy groups -OCH3 is 1. The van der Waals surface area contributed by atoms with E-state index in [9.17, 15) is 4.79 Å². The second-order valence-corrected chi connectivity index (χ2v) is 8.06. The zero-order valence-electron chi connectivity index (χ0n) is 19.6. The molecule has 0 aliphatic heterocycles. The molecule has 7 nitrogen and oxygen atoms in total. The Balaban J connectivity index is 1.70. The Kier molecular flexibility index (Phi) is 9.74. The minimum atomic E-state index is -0.387. The van der Waals surface area contributed by atoms with E-state index in [1.807, 2.05) is 43.3 Å². The fourth-order valence-corrected chi connectivity index (χ4v) is 3.68. The minimum absolute atomic E-state index is 0.335. The number of rotatable bonds is 12. The SMILES string of the molecule is C=CCOc1ccc(C(=O)N/N=C/c2cc(Br)c(OCc3ccccc3)c(OCC)c2)cc1OC. The summed E-state index contributed by atoms with van der Waals surface area (Å²) in [6.45, 7) is 6.73. The fourth-order valence-electron chi connectivity index (χ4n) is 3.10. The van der Waals surface area contributed by atoms with Gasteiger partial charge in [0.2, 0.25) is 0 Å². The average molecular weight is 539 g/mol. The van der Waals surface area contributed by atoms with Gasteiger partial charge in [-0.2, -0.15) is 5.10 Å². The van der Waals surface area contributed by atoms with Crippen LogP contribution in [0.15, 0.2) is 82.9 Å². The van der Waals surface area contributed by atoms with Crippen molar-refractivity contribution in [3.8, 4) is 23.0 Å². The van der Waals surface area contributed by atoms with E-state index in [2.05, 4.69) is 33.0 Å². The van der Waals surface area contributed by atoms with Gasteiger partial charge in [0.1, 0.15) is 13.2 Å². The smallest absolute Gasteiger partial charge is 0.271 e. The maximum Gasteiger partial charge on any atom is 0.271 e. The highest BCUT2D eigenvalue weighted by Crippen LogP contribution is 2.37. The van der Waals surface area contributed by atoms with Crippen LogP contribution in [-0.4, -0.2) is 32.4 Å². The van der Waals surface area contributed by atoms with E-state index in [0.29, 0.717) is 52.9 Å². The van der Waals surface area contributed by atoms with Crippen LogP contribution in [-0.2, 0) is 6.61 Å². The molecule has 182 valence electrons. The molecule has 0 saturated heterocycles. The van der Waals surface area contributed by atoms with Gasteiger partial charge in [-0.05, 0) is 64.3 Å². The summed E-state index contributed by atoms with van der Waals surface area (Å²) in [6, 6.07) is 18.4. The first-order valence-electron chi connectivity index (χ1n) is 10.9. The number of hydrazone groups is 1. The van der Waals surface area contributed by atoms with Crippen molar-refractivity contribution in [3.63, 3.8) is 0 Å². The van der Waals surface area contributed by atoms with Crippen LogP contribution >= 0.6 is 15.9 Å². The lowest BCUT2D eigenvalue weighted by molar-refractivity contribution is 0.0954. The number of carbonyl (C=O) groups is 1. The van der Waals surface area contributed by atoms with Gasteiger partial charge in [0.15, 0.2) is 23.0 Å². The van der Waals surface area contributed by atoms with Crippen LogP contribution in [0, 0.1) is 0 Å². The molecule has 0 aliphatic carbocycles. The van der Waals surface area contributed by atoms with E-state index in [0.717, 1.165) is 11.1 Å². The molecule has 35 heavy (non-hydrogen) atoms. The van der Waals surface area contributed by atoms with E-state index in [4.69, 9.17) is 18.9 Å². The van der Waals surface area contributed by atoms with Gasteiger partial charge >= 0.3 is 0 Å². The summed E-state index contributed by atoms with van der Waals surface area (Å²) in [5, 5.41) is 4.08. The predicted octanol–water partition coefficient (Wildman–Crippen LogP) is 5.76. The zero-order valence-corrected chi connectivity index (χ0v) is 21.2. The van der Waals surface area contributed by atoms with Crippen molar-refractivity contribution < 1.29 is 23.7 Å². The van der Waals surface area contributed by atoms with E-state index in [1.165, 1.54) is 13.3 Å². The lowest BCUT2D eigenvalue weighted by atomic mass is 10.2. The summed E-state index contributed by atoms with van der Waals surface area (Å²) >= 11 is 3.55. The third kappa shape index (κ3) is 7.35. The maximum atomic E-state index is 12.5. The monoisotopic (exact) mass is 538 g/mol. The number of benzene rings is 3. The molecule has 0 unspecified atom stereocenters. The second kappa shape index (κ2) is 13.2. The van der Waals surface area contributed by atoms with Crippen molar-refractivity contribution in [3.05, 3.63) is 94.5 Å². The number of hydrogen-bond donors (Lipinski definition) is 1. The molecule has 3 rings (SSSR count). The standard InChI is InChI=1S/C27H27BrN2O5/c1-4-13-34-23-12-11-21(16-24(23)32-3)27(31)30-29-17-20-14-22(28)26(25(15-20)33-5-2)35-18-19-9-7-6-8-10-19/h4,6-12,14-17H,1,5,13,18H2,2-3H3,(H,30,31)/b29-17+. The lowest BCUT2D eigenvalue weighted by Crippen LogP contribution is -2.17. The Morgan fingerprint density at radius 2 is 1.83 bits per heavy atom. The Labute approximate surface area is 213 Å². The molecule has 0 aliphatic rings. The van der Waals surface area contributed by atoms with E-state index < -0.39 is 0 Å². The van der Waals surface area contributed by atoms with Crippen LogP contribution in [0.4, 0.5) is 0 Å². The largest absolute Gasteiger partial charge is 0.493 e. The molecular weight excluding hydrogens is 512 g/mol. The van der Waals surface area contributed by atoms with Gasteiger partial charge in [-0.25, -0.2) is 5.43 Å². The molecule has 0 atom stereocenters. The van der Waals surface area contributed by atoms with Gasteiger partial charge in [0, 0.05) is 5.56 Å². The molecule has 3 aromatic carbocycles. The van der Waals surface area contributed by atoms with E-state index in [1.54, 1.807) is 30.3 Å². The Bertz CT molecular complexity index is 1180. The van der Waals surface area contributed by atoms with Crippen molar-refractivity contribution in [1.29, 1.82) is 0 Å². The maximum absolute atomic E-state index is 12.5. The highest BCUT2D eigenvalue weighted by molar-refractivity contribution is 9.10. The van der Waals surface area contributed by atoms with Crippen molar-refractivity contribution in [1.82, 2.24) is 5.43 Å². The summed E-state index contributed by atoms with van der Waals surface area (Å²) in [5.74, 6) is 1.75. The van der Waals surface area contributed by atoms with E-state index >= 15 is 0 Å². The summed E-state index contributed by atoms with van der Waals surface area (Å²) in [4.78, 5) is 12.5. The molecule has 3 aromatic rings. The topological polar surface area (TPSA) is 78.4 Å². The first kappa shape index (κ1) is 25.8. The third-order valence-corrected chi connectivity index (χ3v) is 5.31. The van der Waals surface area contributed by atoms with Crippen LogP contribution in [0.5, 0.6) is 23.0 Å². The molecule has 0 fully saturated rings. The molecule has 8 heteroatoms. The van der Waals surface area contributed by atoms with Crippen LogP contribution < -0.4 is 24.4 Å². The van der Waals surface area contributed by atoms with Crippen LogP contribution in [0.2, 0.25) is 0 Å². The molecule has 0 radical (unpaired) electrons. The number of carbonyl (C=O) groups excluding carboxylic acids is 1. The molecule has 0 aromatic heterocycles. The summed E-state index contributed by atoms with van der Waals surface area (Å²) < 4.78 is 23.3. The van der Waals surface area contributed by atoms with Crippen LogP contribution in [0.3, 0.4) is 0 Å². The molecule has 0 spiro atoms. The van der Waals surface area contributed by atoms with Crippen molar-refractivity contribution in [2.75, 3.05) is 20.3 Å². The number of ether oxygens (including phenoxy) is 4. The number of nitrogens with one attached hydrogen (secondary N) is 1. The first-order chi connectivity index (χ1) is 17.0. The van der Waals surface area contributed by atoms with Gasteiger partial charge in [-0.1, -0.05) is 43.0 Å². The second-order valence-electron chi connectivity index (χ2n) is 7.20. The molecule has 0 bridgehead atoms. The Hall–Kier alpha value is -3.78. The zero-order chi connectivity index (χ0) is 25.0. The first-order valence-corrected chi connectivity index (χ1v) is 11.7. The van der Waals surface area contributed by atoms with Crippen molar-refractivity contribution in [2.24, 2.45) is 5.10 Å². The predicted molar refractivity (Wildman–Crippen MR) is 140 cm³/mol. The molecule has 0 heterocycles. The Morgan fingerprint density at radius 3 is 2.54 bits per heavy atom. The molecule has 1 N–H and O–H groups in total. The number of amides is 1. The van der Waals surface area contributed by atoms with E-state index in [-0.39, 0.29) is 5.91 Å². The van der Waals surface area contributed by atoms with Crippen LogP contribution in [0.1, 0.15) is 28.4 Å². The number of halogens is 1. The van der Waals surface area contributed by atoms with Crippen molar-refractivity contribution in [2.45, 2.75) is 13.5 Å². The summed E-state index contributed by atoms with van der Waals surface area (Å²) in [6.07, 6.45) is 3.16. The molecular formula is C27H27BrN2O5. The highest BCUT2D eigenvalue weighted by Gasteiger charge is 2.13. The van der Waals surface area contributed by atoms with Gasteiger partial charge < -0.3 is 18.9 Å². The number of nitrogens with zero attached hydrogens (tertiary/aromatic N) is 1. The molecule has 0 saturated carbocycles. The average Bonchev–Trinajstić information content (AvgIpc) is 2.87. The van der Waals surface area contributed by atoms with Crippen molar-refractivity contribution >= 4 is 28.1 Å². The van der Waals surface area contributed by atoms with Gasteiger partial charge in [-0.3, -0.25) is 4.79 Å². The minimum Gasteiger partial charge on any atom is -0.493 e. The summed E-state index contributed by atoms with van der Waals surface area (Å²) in [5.41, 5.74) is 4.67. The lowest BCUT2D eigenvalue weighted by Gasteiger charge is -2.14. The third-order valence-electron chi connectivity index (χ3n) is 4.72. The fraction of sp³-hybridized carbons (Fsp3) is 0.185.